The van der Waals surface area contributed by atoms with E-state index in [1.165, 1.54) is 0 Å². The van der Waals surface area contributed by atoms with Crippen molar-refractivity contribution in [2.75, 3.05) is 5.01 Å². The van der Waals surface area contributed by atoms with Crippen LogP contribution in [-0.2, 0) is 0 Å². The van der Waals surface area contributed by atoms with Gasteiger partial charge < -0.3 is 4.42 Å². The van der Waals surface area contributed by atoms with Crippen LogP contribution >= 0.6 is 38.5 Å². The summed E-state index contributed by atoms with van der Waals surface area (Å²) in [5.41, 5.74) is 1.98. The van der Waals surface area contributed by atoms with Crippen molar-refractivity contribution >= 4 is 56.1 Å². The third-order valence-corrected chi connectivity index (χ3v) is 5.10. The lowest BCUT2D eigenvalue weighted by atomic mass is 10.2. The third kappa shape index (κ3) is 3.59. The van der Waals surface area contributed by atoms with Crippen LogP contribution in [0.2, 0.25) is 0 Å². The van der Waals surface area contributed by atoms with Gasteiger partial charge in [0.1, 0.15) is 5.76 Å². The van der Waals surface area contributed by atoms with Crippen LogP contribution in [0.3, 0.4) is 0 Å². The monoisotopic (exact) mass is 466 g/mol. The van der Waals surface area contributed by atoms with E-state index in [9.17, 15) is 0 Å². The van der Waals surface area contributed by atoms with Gasteiger partial charge in [0, 0.05) is 28.7 Å². The lowest BCUT2D eigenvalue weighted by Gasteiger charge is -2.18. The Balaban J connectivity index is 1.96. The SMILES string of the molecule is Brc1cc(/C=N\N(c2ccccc2)c2ccccc2)oc1I. The van der Waals surface area contributed by atoms with Crippen LogP contribution in [0.5, 0.6) is 0 Å². The van der Waals surface area contributed by atoms with Gasteiger partial charge in [0.2, 0.25) is 0 Å². The van der Waals surface area contributed by atoms with Crippen molar-refractivity contribution in [2.24, 2.45) is 5.10 Å². The van der Waals surface area contributed by atoms with Gasteiger partial charge in [-0.3, -0.25) is 0 Å². The minimum Gasteiger partial charge on any atom is -0.448 e. The molecule has 1 heterocycles. The molecule has 22 heavy (non-hydrogen) atoms. The van der Waals surface area contributed by atoms with E-state index in [4.69, 9.17) is 4.42 Å². The molecular weight excluding hydrogens is 455 g/mol. The first-order valence-electron chi connectivity index (χ1n) is 6.63. The highest BCUT2D eigenvalue weighted by atomic mass is 127. The molecule has 0 fully saturated rings. The topological polar surface area (TPSA) is 28.7 Å². The van der Waals surface area contributed by atoms with Crippen LogP contribution in [0.15, 0.2) is 80.7 Å². The zero-order valence-corrected chi connectivity index (χ0v) is 15.2. The molecule has 1 aromatic heterocycles. The van der Waals surface area contributed by atoms with Crippen molar-refractivity contribution in [3.05, 3.63) is 80.7 Å². The number of rotatable bonds is 4. The first kappa shape index (κ1) is 15.3. The second-order valence-electron chi connectivity index (χ2n) is 4.50. The van der Waals surface area contributed by atoms with Crippen molar-refractivity contribution in [3.63, 3.8) is 0 Å². The molecule has 3 aromatic rings. The molecule has 0 aliphatic carbocycles. The summed E-state index contributed by atoms with van der Waals surface area (Å²) in [5.74, 6) is 0.702. The second kappa shape index (κ2) is 7.11. The standard InChI is InChI=1S/C17H12BrIN2O/c18-16-11-15(22-17(16)19)12-20-21(13-7-3-1-4-8-13)14-9-5-2-6-10-14/h1-12H/b20-12-. The zero-order chi connectivity index (χ0) is 15.4. The van der Waals surface area contributed by atoms with Crippen LogP contribution in [0.1, 0.15) is 5.76 Å². The molecule has 0 N–H and O–H groups in total. The van der Waals surface area contributed by atoms with Crippen LogP contribution in [0, 0.1) is 3.77 Å². The Bertz CT molecular complexity index is 713. The van der Waals surface area contributed by atoms with Gasteiger partial charge in [-0.25, -0.2) is 5.01 Å². The number of hydrogen-bond donors (Lipinski definition) is 0. The summed E-state index contributed by atoms with van der Waals surface area (Å²) in [7, 11) is 0. The number of anilines is 2. The van der Waals surface area contributed by atoms with E-state index in [-0.39, 0.29) is 0 Å². The highest BCUT2D eigenvalue weighted by Crippen LogP contribution is 2.26. The van der Waals surface area contributed by atoms with Crippen molar-refractivity contribution < 1.29 is 4.42 Å². The number of para-hydroxylation sites is 2. The van der Waals surface area contributed by atoms with Crippen molar-refractivity contribution in [3.8, 4) is 0 Å². The van der Waals surface area contributed by atoms with Crippen LogP contribution in [0.25, 0.3) is 0 Å². The van der Waals surface area contributed by atoms with Crippen molar-refractivity contribution in [2.45, 2.75) is 0 Å². The Morgan fingerprint density at radius 3 is 1.95 bits per heavy atom. The summed E-state index contributed by atoms with van der Waals surface area (Å²) in [4.78, 5) is 0. The van der Waals surface area contributed by atoms with E-state index in [1.807, 2.05) is 71.7 Å². The van der Waals surface area contributed by atoms with Gasteiger partial charge in [0.05, 0.1) is 22.1 Å². The average Bonchev–Trinajstić information content (AvgIpc) is 2.88. The summed E-state index contributed by atoms with van der Waals surface area (Å²) in [6.07, 6.45) is 1.72. The summed E-state index contributed by atoms with van der Waals surface area (Å²) in [6, 6.07) is 21.9. The lowest BCUT2D eigenvalue weighted by molar-refractivity contribution is 0.529. The van der Waals surface area contributed by atoms with Gasteiger partial charge in [0.25, 0.3) is 0 Å². The predicted molar refractivity (Wildman–Crippen MR) is 102 cm³/mol. The number of benzene rings is 2. The molecule has 0 spiro atoms. The molecule has 0 bridgehead atoms. The van der Waals surface area contributed by atoms with E-state index in [0.29, 0.717) is 5.76 Å². The quantitative estimate of drug-likeness (QED) is 0.275. The molecule has 5 heteroatoms. The molecule has 0 amide bonds. The first-order valence-corrected chi connectivity index (χ1v) is 8.50. The smallest absolute Gasteiger partial charge is 0.178 e. The van der Waals surface area contributed by atoms with Gasteiger partial charge >= 0.3 is 0 Å². The molecule has 0 aliphatic heterocycles. The summed E-state index contributed by atoms with van der Waals surface area (Å²) in [6.45, 7) is 0. The molecule has 3 nitrogen and oxygen atoms in total. The number of nitrogens with zero attached hydrogens (tertiary/aromatic N) is 2. The fourth-order valence-corrected chi connectivity index (χ4v) is 2.68. The van der Waals surface area contributed by atoms with E-state index in [0.717, 1.165) is 19.6 Å². The lowest BCUT2D eigenvalue weighted by Crippen LogP contribution is -2.08. The van der Waals surface area contributed by atoms with Gasteiger partial charge in [-0.2, -0.15) is 5.10 Å². The molecule has 0 unspecified atom stereocenters. The molecule has 0 radical (unpaired) electrons. The van der Waals surface area contributed by atoms with Gasteiger partial charge in [-0.1, -0.05) is 36.4 Å². The molecule has 0 saturated heterocycles. The maximum absolute atomic E-state index is 5.60. The maximum atomic E-state index is 5.60. The molecule has 0 atom stereocenters. The fraction of sp³-hybridized carbons (Fsp3) is 0. The van der Waals surface area contributed by atoms with Crippen molar-refractivity contribution in [1.82, 2.24) is 0 Å². The fourth-order valence-electron chi connectivity index (χ4n) is 1.96. The van der Waals surface area contributed by atoms with Gasteiger partial charge in [-0.05, 0) is 40.2 Å². The van der Waals surface area contributed by atoms with Gasteiger partial charge in [-0.15, -0.1) is 0 Å². The highest BCUT2D eigenvalue weighted by molar-refractivity contribution is 14.1. The third-order valence-electron chi connectivity index (χ3n) is 2.97. The largest absolute Gasteiger partial charge is 0.448 e. The van der Waals surface area contributed by atoms with Crippen molar-refractivity contribution in [1.29, 1.82) is 0 Å². The molecular formula is C17H12BrIN2O. The molecule has 2 aromatic carbocycles. The number of halogens is 2. The Morgan fingerprint density at radius 1 is 0.955 bits per heavy atom. The van der Waals surface area contributed by atoms with Crippen LogP contribution in [0.4, 0.5) is 11.4 Å². The molecule has 0 aliphatic rings. The Kier molecular flexibility index (Phi) is 4.94. The molecule has 3 rings (SSSR count). The minimum absolute atomic E-state index is 0.702. The zero-order valence-electron chi connectivity index (χ0n) is 11.5. The predicted octanol–water partition coefficient (Wildman–Crippen LogP) is 5.82. The molecule has 0 saturated carbocycles. The van der Waals surface area contributed by atoms with Crippen LogP contribution < -0.4 is 5.01 Å². The van der Waals surface area contributed by atoms with Gasteiger partial charge in [0.15, 0.2) is 3.77 Å². The molecule has 110 valence electrons. The number of hydrazone groups is 1. The Morgan fingerprint density at radius 2 is 1.50 bits per heavy atom. The normalized spacial score (nSPS) is 11.0. The Hall–Kier alpha value is -1.60. The minimum atomic E-state index is 0.702. The second-order valence-corrected chi connectivity index (χ2v) is 6.33. The van der Waals surface area contributed by atoms with Crippen LogP contribution in [-0.4, -0.2) is 6.21 Å². The number of hydrogen-bond acceptors (Lipinski definition) is 3. The average molecular weight is 467 g/mol. The summed E-state index contributed by atoms with van der Waals surface area (Å²) in [5, 5.41) is 6.46. The summed E-state index contributed by atoms with van der Waals surface area (Å²) < 4.78 is 7.34. The van der Waals surface area contributed by atoms with E-state index in [1.54, 1.807) is 6.21 Å². The number of furan rings is 1. The highest BCUT2D eigenvalue weighted by Gasteiger charge is 2.08. The first-order chi connectivity index (χ1) is 10.7. The summed E-state index contributed by atoms with van der Waals surface area (Å²) >= 11 is 5.57. The van der Waals surface area contributed by atoms with E-state index in [2.05, 4.69) is 43.6 Å². The van der Waals surface area contributed by atoms with E-state index >= 15 is 0 Å². The maximum Gasteiger partial charge on any atom is 0.178 e. The Labute approximate surface area is 150 Å². The van der Waals surface area contributed by atoms with E-state index < -0.39 is 0 Å².